The molecule has 1 N–H and O–H groups in total. The van der Waals surface area contributed by atoms with Gasteiger partial charge in [-0.2, -0.15) is 13.2 Å². The number of nitrogens with zero attached hydrogens (tertiary/aromatic N) is 1. The quantitative estimate of drug-likeness (QED) is 0.459. The first kappa shape index (κ1) is 25.4. The van der Waals surface area contributed by atoms with Crippen molar-refractivity contribution in [1.82, 2.24) is 0 Å². The Morgan fingerprint density at radius 2 is 1.86 bits per heavy atom. The number of methoxy groups -OCH3 is 1. The molecule has 0 bridgehead atoms. The number of hydrogen-bond donors (Lipinski definition) is 1. The summed E-state index contributed by atoms with van der Waals surface area (Å²) in [4.78, 5) is 10.5. The predicted molar refractivity (Wildman–Crippen MR) is 126 cm³/mol. The van der Waals surface area contributed by atoms with Crippen LogP contribution in [0, 0.1) is 0 Å². The van der Waals surface area contributed by atoms with Crippen LogP contribution in [0.15, 0.2) is 71.6 Å². The van der Waals surface area contributed by atoms with Crippen molar-refractivity contribution in [3.8, 4) is 22.6 Å². The van der Waals surface area contributed by atoms with E-state index in [0.29, 0.717) is 22.9 Å². The van der Waals surface area contributed by atoms with E-state index in [1.165, 1.54) is 7.11 Å². The molecule has 1 atom stereocenters. The highest BCUT2D eigenvalue weighted by Crippen LogP contribution is 2.42. The van der Waals surface area contributed by atoms with Crippen LogP contribution < -0.4 is 13.8 Å². The molecule has 0 fully saturated rings. The molecule has 11 heteroatoms. The second-order valence-corrected chi connectivity index (χ2v) is 9.98. The van der Waals surface area contributed by atoms with E-state index in [2.05, 4.69) is 0 Å². The Balaban J connectivity index is 1.83. The lowest BCUT2D eigenvalue weighted by Crippen LogP contribution is -2.43. The van der Waals surface area contributed by atoms with E-state index < -0.39 is 38.7 Å². The number of carboxylic acids is 1. The third kappa shape index (κ3) is 5.11. The molecule has 190 valence electrons. The summed E-state index contributed by atoms with van der Waals surface area (Å²) < 4.78 is 79.4. The Morgan fingerprint density at radius 1 is 1.11 bits per heavy atom. The maximum atomic E-state index is 13.6. The van der Waals surface area contributed by atoms with E-state index in [4.69, 9.17) is 14.6 Å². The minimum absolute atomic E-state index is 0.0116. The van der Waals surface area contributed by atoms with Gasteiger partial charge < -0.3 is 14.6 Å². The van der Waals surface area contributed by atoms with E-state index in [-0.39, 0.29) is 30.8 Å². The second-order valence-electron chi connectivity index (χ2n) is 8.12. The number of anilines is 1. The summed E-state index contributed by atoms with van der Waals surface area (Å²) in [7, 11) is -2.97. The van der Waals surface area contributed by atoms with Crippen molar-refractivity contribution >= 4 is 21.7 Å². The minimum Gasteiger partial charge on any atom is -0.496 e. The van der Waals surface area contributed by atoms with E-state index in [1.807, 2.05) is 0 Å². The van der Waals surface area contributed by atoms with Crippen LogP contribution in [0.5, 0.6) is 11.5 Å². The van der Waals surface area contributed by atoms with Gasteiger partial charge in [-0.25, -0.2) is 8.42 Å². The number of hydrogen-bond acceptors (Lipinski definition) is 5. The fraction of sp³-hybridized carbons (Fsp3) is 0.240. The Bertz CT molecular complexity index is 1390. The average Bonchev–Trinajstić information content (AvgIpc) is 2.86. The third-order valence-corrected chi connectivity index (χ3v) is 7.51. The van der Waals surface area contributed by atoms with Crippen molar-refractivity contribution in [2.24, 2.45) is 0 Å². The van der Waals surface area contributed by atoms with E-state index in [1.54, 1.807) is 42.5 Å². The van der Waals surface area contributed by atoms with Crippen molar-refractivity contribution < 1.29 is 41.0 Å². The summed E-state index contributed by atoms with van der Waals surface area (Å²) in [6.07, 6.45) is -5.80. The van der Waals surface area contributed by atoms with Gasteiger partial charge in [0.15, 0.2) is 0 Å². The maximum absolute atomic E-state index is 13.6. The highest BCUT2D eigenvalue weighted by Gasteiger charge is 2.37. The molecule has 4 rings (SSSR count). The van der Waals surface area contributed by atoms with Crippen molar-refractivity contribution in [2.45, 2.75) is 30.0 Å². The van der Waals surface area contributed by atoms with Crippen molar-refractivity contribution in [3.63, 3.8) is 0 Å². The van der Waals surface area contributed by atoms with Crippen molar-refractivity contribution in [1.29, 1.82) is 0 Å². The molecule has 0 saturated heterocycles. The van der Waals surface area contributed by atoms with Crippen molar-refractivity contribution in [3.05, 3.63) is 72.3 Å². The summed E-state index contributed by atoms with van der Waals surface area (Å²) in [5.74, 6) is -0.366. The molecule has 0 saturated carbocycles. The first-order valence-electron chi connectivity index (χ1n) is 10.9. The van der Waals surface area contributed by atoms with Crippen molar-refractivity contribution in [2.75, 3.05) is 18.0 Å². The van der Waals surface area contributed by atoms with Crippen LogP contribution in [-0.4, -0.2) is 39.3 Å². The predicted octanol–water partition coefficient (Wildman–Crippen LogP) is 5.20. The second kappa shape index (κ2) is 9.73. The Labute approximate surface area is 205 Å². The van der Waals surface area contributed by atoms with Gasteiger partial charge in [-0.05, 0) is 48.4 Å². The van der Waals surface area contributed by atoms with Gasteiger partial charge >= 0.3 is 12.1 Å². The maximum Gasteiger partial charge on any atom is 0.416 e. The number of para-hydroxylation sites is 1. The smallest absolute Gasteiger partial charge is 0.416 e. The van der Waals surface area contributed by atoms with Gasteiger partial charge in [0.05, 0.1) is 29.8 Å². The number of carbonyl (C=O) groups is 1. The molecular formula is C25H22F3NO6S. The number of alkyl halides is 3. The zero-order chi connectivity index (χ0) is 26.1. The van der Waals surface area contributed by atoms with E-state index >= 15 is 0 Å². The largest absolute Gasteiger partial charge is 0.496 e. The van der Waals surface area contributed by atoms with E-state index in [9.17, 15) is 26.4 Å². The highest BCUT2D eigenvalue weighted by atomic mass is 32.2. The number of rotatable bonds is 7. The zero-order valence-electron chi connectivity index (χ0n) is 19.0. The van der Waals surface area contributed by atoms with Gasteiger partial charge in [0.1, 0.15) is 17.6 Å². The minimum atomic E-state index is -4.73. The Kier molecular flexibility index (Phi) is 6.85. The number of ether oxygens (including phenoxy) is 2. The topological polar surface area (TPSA) is 93.1 Å². The number of fused-ring (bicyclic) bond motifs is 1. The molecule has 0 aromatic heterocycles. The first-order chi connectivity index (χ1) is 17.0. The Hall–Kier alpha value is -3.73. The molecule has 0 amide bonds. The van der Waals surface area contributed by atoms with Crippen LogP contribution >= 0.6 is 0 Å². The number of carboxylic acid groups (broad SMARTS) is 1. The van der Waals surface area contributed by atoms with Crippen LogP contribution in [0.25, 0.3) is 11.1 Å². The summed E-state index contributed by atoms with van der Waals surface area (Å²) in [6, 6.07) is 15.4. The van der Waals surface area contributed by atoms with Crippen LogP contribution in [-0.2, 0) is 21.0 Å². The molecule has 0 spiro atoms. The summed E-state index contributed by atoms with van der Waals surface area (Å²) in [6.45, 7) is -0.270. The molecular weight excluding hydrogens is 499 g/mol. The highest BCUT2D eigenvalue weighted by molar-refractivity contribution is 7.92. The molecule has 1 aliphatic rings. The molecule has 3 aromatic rings. The number of sulfonamides is 1. The first-order valence-corrected chi connectivity index (χ1v) is 12.3. The molecule has 3 aromatic carbocycles. The van der Waals surface area contributed by atoms with Gasteiger partial charge in [0.25, 0.3) is 10.0 Å². The monoisotopic (exact) mass is 521 g/mol. The van der Waals surface area contributed by atoms with Crippen LogP contribution in [0.3, 0.4) is 0 Å². The zero-order valence-corrected chi connectivity index (χ0v) is 19.8. The number of aliphatic carboxylic acids is 1. The molecule has 7 nitrogen and oxygen atoms in total. The SMILES string of the molecule is COc1ccccc1-c1ccc2c(c1)N(S(=O)(=O)c1cccc(C(F)(F)F)c1)C[C@H](CCC(=O)O)O2. The molecule has 0 aliphatic carbocycles. The van der Waals surface area contributed by atoms with E-state index in [0.717, 1.165) is 22.5 Å². The standard InChI is InChI=1S/C25H22F3NO6S/c1-34-22-8-3-2-7-20(22)16-9-11-23-21(13-16)29(15-18(35-23)10-12-24(30)31)36(32,33)19-6-4-5-17(14-19)25(26,27)28/h2-9,11,13-14,18H,10,12,15H2,1H3,(H,30,31)/t18-/m0/s1. The van der Waals surface area contributed by atoms with Gasteiger partial charge in [0, 0.05) is 12.0 Å². The summed E-state index contributed by atoms with van der Waals surface area (Å²) in [5, 5.41) is 9.06. The summed E-state index contributed by atoms with van der Waals surface area (Å²) in [5.41, 5.74) is 0.305. The fourth-order valence-electron chi connectivity index (χ4n) is 3.99. The molecule has 0 unspecified atom stereocenters. The number of benzene rings is 3. The van der Waals surface area contributed by atoms with Gasteiger partial charge in [0.2, 0.25) is 0 Å². The molecule has 0 radical (unpaired) electrons. The lowest BCUT2D eigenvalue weighted by Gasteiger charge is -2.36. The normalized spacial score (nSPS) is 15.7. The molecule has 36 heavy (non-hydrogen) atoms. The van der Waals surface area contributed by atoms with Crippen LogP contribution in [0.2, 0.25) is 0 Å². The average molecular weight is 522 g/mol. The van der Waals surface area contributed by atoms with Crippen LogP contribution in [0.4, 0.5) is 18.9 Å². The Morgan fingerprint density at radius 3 is 2.56 bits per heavy atom. The lowest BCUT2D eigenvalue weighted by atomic mass is 10.0. The third-order valence-electron chi connectivity index (χ3n) is 5.74. The van der Waals surface area contributed by atoms with Crippen LogP contribution in [0.1, 0.15) is 18.4 Å². The van der Waals surface area contributed by atoms with Gasteiger partial charge in [-0.15, -0.1) is 0 Å². The van der Waals surface area contributed by atoms with Gasteiger partial charge in [-0.1, -0.05) is 30.3 Å². The molecule has 1 heterocycles. The lowest BCUT2D eigenvalue weighted by molar-refractivity contribution is -0.138. The van der Waals surface area contributed by atoms with Gasteiger partial charge in [-0.3, -0.25) is 9.10 Å². The number of halogens is 3. The fourth-order valence-corrected chi connectivity index (χ4v) is 5.53. The molecule has 1 aliphatic heterocycles. The summed E-state index contributed by atoms with van der Waals surface area (Å²) >= 11 is 0.